The van der Waals surface area contributed by atoms with E-state index in [0.717, 1.165) is 43.5 Å². The van der Waals surface area contributed by atoms with E-state index in [4.69, 9.17) is 11.6 Å². The van der Waals surface area contributed by atoms with Crippen molar-refractivity contribution in [1.29, 1.82) is 0 Å². The molecule has 0 radical (unpaired) electrons. The molecule has 1 unspecified atom stereocenters. The van der Waals surface area contributed by atoms with Gasteiger partial charge in [0.15, 0.2) is 0 Å². The van der Waals surface area contributed by atoms with Gasteiger partial charge in [0.05, 0.1) is 0 Å². The summed E-state index contributed by atoms with van der Waals surface area (Å²) in [6.07, 6.45) is 7.28. The normalized spacial score (nSPS) is 22.5. The van der Waals surface area contributed by atoms with Gasteiger partial charge >= 0.3 is 0 Å². The number of likely N-dealkylation sites (tertiary alicyclic amines) is 2. The average Bonchev–Trinajstić information content (AvgIpc) is 3.06. The number of amides is 1. The van der Waals surface area contributed by atoms with Crippen LogP contribution in [0.5, 0.6) is 0 Å². The van der Waals surface area contributed by atoms with Crippen LogP contribution >= 0.6 is 11.6 Å². The molecule has 3 rings (SSSR count). The summed E-state index contributed by atoms with van der Waals surface area (Å²) in [4.78, 5) is 17.7. The van der Waals surface area contributed by atoms with E-state index in [1.807, 2.05) is 25.1 Å². The van der Waals surface area contributed by atoms with E-state index >= 15 is 0 Å². The summed E-state index contributed by atoms with van der Waals surface area (Å²) in [6, 6.07) is 5.99. The fourth-order valence-corrected chi connectivity index (χ4v) is 4.15. The van der Waals surface area contributed by atoms with Crippen LogP contribution < -0.4 is 0 Å². The Morgan fingerprint density at radius 3 is 2.65 bits per heavy atom. The van der Waals surface area contributed by atoms with Crippen LogP contribution in [0.3, 0.4) is 0 Å². The summed E-state index contributed by atoms with van der Waals surface area (Å²) in [5, 5.41) is 0.697. The molecular weight excluding hydrogens is 308 g/mol. The molecule has 2 fully saturated rings. The van der Waals surface area contributed by atoms with Crippen molar-refractivity contribution in [3.63, 3.8) is 0 Å². The number of rotatable bonds is 4. The Balaban J connectivity index is 1.68. The van der Waals surface area contributed by atoms with Gasteiger partial charge in [-0.1, -0.05) is 11.6 Å². The minimum atomic E-state index is 0.185. The van der Waals surface area contributed by atoms with Crippen LogP contribution in [0.15, 0.2) is 18.2 Å². The maximum absolute atomic E-state index is 13.0. The lowest BCUT2D eigenvalue weighted by Gasteiger charge is -2.37. The zero-order valence-corrected chi connectivity index (χ0v) is 14.8. The average molecular weight is 335 g/mol. The first-order valence-corrected chi connectivity index (χ1v) is 9.32. The fraction of sp³-hybridized carbons (Fsp3) is 0.632. The van der Waals surface area contributed by atoms with E-state index < -0.39 is 0 Å². The predicted octanol–water partition coefficient (Wildman–Crippen LogP) is 4.13. The van der Waals surface area contributed by atoms with Crippen molar-refractivity contribution in [2.45, 2.75) is 51.5 Å². The van der Waals surface area contributed by atoms with Crippen LogP contribution in [0.1, 0.15) is 54.4 Å². The zero-order valence-electron chi connectivity index (χ0n) is 14.1. The Kier molecular flexibility index (Phi) is 5.60. The smallest absolute Gasteiger partial charge is 0.254 e. The molecule has 2 saturated heterocycles. The second-order valence-corrected chi connectivity index (χ2v) is 7.38. The minimum absolute atomic E-state index is 0.185. The van der Waals surface area contributed by atoms with Crippen molar-refractivity contribution < 1.29 is 4.79 Å². The van der Waals surface area contributed by atoms with Crippen molar-refractivity contribution in [3.05, 3.63) is 34.3 Å². The molecule has 4 heteroatoms. The third-order valence-corrected chi connectivity index (χ3v) is 5.52. The van der Waals surface area contributed by atoms with Gasteiger partial charge in [-0.05, 0) is 82.3 Å². The molecule has 0 aromatic heterocycles. The molecule has 2 aliphatic rings. The van der Waals surface area contributed by atoms with Crippen molar-refractivity contribution >= 4 is 17.5 Å². The van der Waals surface area contributed by atoms with Gasteiger partial charge in [0.2, 0.25) is 0 Å². The summed E-state index contributed by atoms with van der Waals surface area (Å²) < 4.78 is 0. The lowest BCUT2D eigenvalue weighted by molar-refractivity contribution is 0.0587. The molecule has 0 aliphatic carbocycles. The number of carbonyl (C=O) groups excluding carboxylic acids is 1. The van der Waals surface area contributed by atoms with Gasteiger partial charge in [0.1, 0.15) is 0 Å². The van der Waals surface area contributed by atoms with Crippen LogP contribution in [-0.4, -0.2) is 47.9 Å². The molecule has 2 heterocycles. The highest BCUT2D eigenvalue weighted by atomic mass is 35.5. The molecule has 0 N–H and O–H groups in total. The first-order chi connectivity index (χ1) is 11.1. The largest absolute Gasteiger partial charge is 0.336 e. The predicted molar refractivity (Wildman–Crippen MR) is 95.2 cm³/mol. The van der Waals surface area contributed by atoms with Crippen molar-refractivity contribution in [1.82, 2.24) is 9.80 Å². The molecular formula is C19H27ClN2O. The standard InChI is InChI=1S/C19H27ClN2O/c1-15-14-16(20)7-8-18(15)19(23)22-12-3-2-6-17(22)9-13-21-10-4-5-11-21/h7-8,14,17H,2-6,9-13H2,1H3. The van der Waals surface area contributed by atoms with Gasteiger partial charge in [-0.2, -0.15) is 0 Å². The topological polar surface area (TPSA) is 23.6 Å². The molecule has 1 aromatic carbocycles. The minimum Gasteiger partial charge on any atom is -0.336 e. The van der Waals surface area contributed by atoms with E-state index in [1.165, 1.54) is 32.4 Å². The van der Waals surface area contributed by atoms with Gasteiger partial charge in [-0.3, -0.25) is 4.79 Å². The molecule has 0 bridgehead atoms. The lowest BCUT2D eigenvalue weighted by atomic mass is 9.97. The SMILES string of the molecule is Cc1cc(Cl)ccc1C(=O)N1CCCCC1CCN1CCCC1. The Hall–Kier alpha value is -1.06. The Labute approximate surface area is 144 Å². The molecule has 23 heavy (non-hydrogen) atoms. The van der Waals surface area contributed by atoms with E-state index in [-0.39, 0.29) is 5.91 Å². The van der Waals surface area contributed by atoms with Crippen molar-refractivity contribution in [2.75, 3.05) is 26.2 Å². The maximum atomic E-state index is 13.0. The fourth-order valence-electron chi connectivity index (χ4n) is 3.93. The van der Waals surface area contributed by atoms with Gasteiger partial charge in [0, 0.05) is 29.7 Å². The highest BCUT2D eigenvalue weighted by Crippen LogP contribution is 2.25. The monoisotopic (exact) mass is 334 g/mol. The van der Waals surface area contributed by atoms with E-state index in [9.17, 15) is 4.79 Å². The molecule has 3 nitrogen and oxygen atoms in total. The van der Waals surface area contributed by atoms with Gasteiger partial charge < -0.3 is 9.80 Å². The van der Waals surface area contributed by atoms with Gasteiger partial charge in [-0.25, -0.2) is 0 Å². The number of piperidine rings is 1. The van der Waals surface area contributed by atoms with Crippen LogP contribution in [0.2, 0.25) is 5.02 Å². The van der Waals surface area contributed by atoms with Crippen LogP contribution in [0.4, 0.5) is 0 Å². The number of nitrogens with zero attached hydrogens (tertiary/aromatic N) is 2. The Bertz CT molecular complexity index is 554. The Morgan fingerprint density at radius 1 is 1.17 bits per heavy atom. The highest BCUT2D eigenvalue weighted by molar-refractivity contribution is 6.30. The number of benzene rings is 1. The summed E-state index contributed by atoms with van der Waals surface area (Å²) in [7, 11) is 0. The highest BCUT2D eigenvalue weighted by Gasteiger charge is 2.28. The van der Waals surface area contributed by atoms with Crippen molar-refractivity contribution in [3.8, 4) is 0 Å². The summed E-state index contributed by atoms with van der Waals surface area (Å²) >= 11 is 6.03. The summed E-state index contributed by atoms with van der Waals surface area (Å²) in [6.45, 7) is 6.47. The number of hydrogen-bond acceptors (Lipinski definition) is 2. The first kappa shape index (κ1) is 16.8. The van der Waals surface area contributed by atoms with Gasteiger partial charge in [0.25, 0.3) is 5.91 Å². The molecule has 2 aliphatic heterocycles. The number of aryl methyl sites for hydroxylation is 1. The first-order valence-electron chi connectivity index (χ1n) is 8.94. The van der Waals surface area contributed by atoms with Gasteiger partial charge in [-0.15, -0.1) is 0 Å². The number of carbonyl (C=O) groups is 1. The molecule has 1 atom stereocenters. The molecule has 0 spiro atoms. The molecule has 1 aromatic rings. The summed E-state index contributed by atoms with van der Waals surface area (Å²) in [5.41, 5.74) is 1.79. The number of hydrogen-bond donors (Lipinski definition) is 0. The van der Waals surface area contributed by atoms with Crippen LogP contribution in [0, 0.1) is 6.92 Å². The quantitative estimate of drug-likeness (QED) is 0.826. The maximum Gasteiger partial charge on any atom is 0.254 e. The molecule has 1 amide bonds. The van der Waals surface area contributed by atoms with E-state index in [2.05, 4.69) is 9.80 Å². The van der Waals surface area contributed by atoms with Crippen molar-refractivity contribution in [2.24, 2.45) is 0 Å². The molecule has 0 saturated carbocycles. The molecule has 126 valence electrons. The lowest BCUT2D eigenvalue weighted by Crippen LogP contribution is -2.45. The Morgan fingerprint density at radius 2 is 1.91 bits per heavy atom. The summed E-state index contributed by atoms with van der Waals surface area (Å²) in [5.74, 6) is 0.185. The second-order valence-electron chi connectivity index (χ2n) is 6.94. The number of halogens is 1. The van der Waals surface area contributed by atoms with Crippen LogP contribution in [0.25, 0.3) is 0 Å². The van der Waals surface area contributed by atoms with E-state index in [0.29, 0.717) is 11.1 Å². The zero-order chi connectivity index (χ0) is 16.2. The third-order valence-electron chi connectivity index (χ3n) is 5.28. The third kappa shape index (κ3) is 4.07. The van der Waals surface area contributed by atoms with E-state index in [1.54, 1.807) is 0 Å². The second kappa shape index (κ2) is 7.67. The van der Waals surface area contributed by atoms with Crippen LogP contribution in [-0.2, 0) is 0 Å².